The number of rotatable bonds is 4. The number of hydrogen-bond acceptors (Lipinski definition) is 10. The fraction of sp³-hybridized carbons (Fsp3) is 0.286. The molecule has 0 aliphatic carbocycles. The Morgan fingerprint density at radius 2 is 1.68 bits per heavy atom. The molecule has 1 saturated heterocycles. The molecule has 3 aromatic rings. The van der Waals surface area contributed by atoms with Gasteiger partial charge in [-0.25, -0.2) is 0 Å². The smallest absolute Gasteiger partial charge is 0.229 e. The largest absolute Gasteiger partial charge is 0.508 e. The Hall–Kier alpha value is -3.15. The van der Waals surface area contributed by atoms with Gasteiger partial charge in [-0.15, -0.1) is 0 Å². The van der Waals surface area contributed by atoms with E-state index in [1.165, 1.54) is 36.6 Å². The third-order valence-corrected chi connectivity index (χ3v) is 5.11. The zero-order chi connectivity index (χ0) is 22.3. The second kappa shape index (κ2) is 8.17. The van der Waals surface area contributed by atoms with E-state index < -0.39 is 48.5 Å². The molecule has 10 nitrogen and oxygen atoms in total. The molecule has 0 saturated carbocycles. The first-order valence-electron chi connectivity index (χ1n) is 9.35. The van der Waals surface area contributed by atoms with E-state index in [-0.39, 0.29) is 28.0 Å². The Kier molecular flexibility index (Phi) is 5.56. The number of aromatic hydroxyl groups is 2. The molecule has 164 valence electrons. The molecule has 0 radical (unpaired) electrons. The Morgan fingerprint density at radius 3 is 2.35 bits per heavy atom. The van der Waals surface area contributed by atoms with Gasteiger partial charge in [0.1, 0.15) is 58.9 Å². The molecule has 3 unspecified atom stereocenters. The van der Waals surface area contributed by atoms with Gasteiger partial charge in [-0.1, -0.05) is 12.1 Å². The van der Waals surface area contributed by atoms with Gasteiger partial charge in [0.15, 0.2) is 0 Å². The van der Waals surface area contributed by atoms with Crippen molar-refractivity contribution >= 4 is 11.0 Å². The van der Waals surface area contributed by atoms with Crippen LogP contribution in [0.25, 0.3) is 22.1 Å². The molecule has 0 spiro atoms. The van der Waals surface area contributed by atoms with Crippen molar-refractivity contribution in [3.63, 3.8) is 0 Å². The number of hydrogen-bond donors (Lipinski definition) is 6. The third-order valence-electron chi connectivity index (χ3n) is 5.11. The fourth-order valence-corrected chi connectivity index (χ4v) is 3.41. The maximum atomic E-state index is 12.9. The van der Waals surface area contributed by atoms with E-state index in [9.17, 15) is 35.4 Å². The van der Waals surface area contributed by atoms with Crippen LogP contribution in [0.4, 0.5) is 0 Å². The highest BCUT2D eigenvalue weighted by atomic mass is 16.7. The molecule has 0 bridgehead atoms. The van der Waals surface area contributed by atoms with E-state index in [1.54, 1.807) is 0 Å². The SMILES string of the molecule is O=c1c(-c2ccc(O)cc2)coc2cc(O[C@@H]3OC(CO)[C@@H](O)C(O)C3O)cc(O)c12. The zero-order valence-electron chi connectivity index (χ0n) is 16.0. The minimum absolute atomic E-state index is 0.00730. The first-order chi connectivity index (χ1) is 14.8. The van der Waals surface area contributed by atoms with Crippen LogP contribution in [-0.4, -0.2) is 68.0 Å². The van der Waals surface area contributed by atoms with E-state index in [1.807, 2.05) is 0 Å². The van der Waals surface area contributed by atoms with Crippen LogP contribution in [-0.2, 0) is 4.74 Å². The minimum Gasteiger partial charge on any atom is -0.508 e. The molecule has 1 fully saturated rings. The van der Waals surface area contributed by atoms with Crippen LogP contribution in [0.15, 0.2) is 51.9 Å². The summed E-state index contributed by atoms with van der Waals surface area (Å²) >= 11 is 0. The Morgan fingerprint density at radius 1 is 0.968 bits per heavy atom. The zero-order valence-corrected chi connectivity index (χ0v) is 16.0. The molecule has 10 heteroatoms. The van der Waals surface area contributed by atoms with E-state index in [2.05, 4.69) is 0 Å². The van der Waals surface area contributed by atoms with Crippen molar-refractivity contribution in [2.45, 2.75) is 30.7 Å². The van der Waals surface area contributed by atoms with E-state index >= 15 is 0 Å². The van der Waals surface area contributed by atoms with Gasteiger partial charge in [-0.2, -0.15) is 0 Å². The minimum atomic E-state index is -1.64. The van der Waals surface area contributed by atoms with Crippen LogP contribution < -0.4 is 10.2 Å². The van der Waals surface area contributed by atoms with Crippen molar-refractivity contribution in [1.82, 2.24) is 0 Å². The van der Waals surface area contributed by atoms with Crippen LogP contribution in [0, 0.1) is 0 Å². The van der Waals surface area contributed by atoms with Crippen LogP contribution in [0.2, 0.25) is 0 Å². The van der Waals surface area contributed by atoms with Crippen molar-refractivity contribution in [3.05, 3.63) is 52.9 Å². The van der Waals surface area contributed by atoms with Gasteiger partial charge in [-0.05, 0) is 17.7 Å². The van der Waals surface area contributed by atoms with Crippen molar-refractivity contribution < 1.29 is 44.5 Å². The van der Waals surface area contributed by atoms with Gasteiger partial charge in [-0.3, -0.25) is 4.79 Å². The predicted octanol–water partition coefficient (Wildman–Crippen LogP) is 0.0499. The van der Waals surface area contributed by atoms with Gasteiger partial charge >= 0.3 is 0 Å². The molecule has 0 amide bonds. The number of aliphatic hydroxyl groups excluding tert-OH is 4. The summed E-state index contributed by atoms with van der Waals surface area (Å²) in [6.45, 7) is -0.622. The number of phenolic OH excluding ortho intramolecular Hbond substituents is 2. The lowest BCUT2D eigenvalue weighted by Crippen LogP contribution is -2.60. The van der Waals surface area contributed by atoms with Gasteiger partial charge in [0.25, 0.3) is 0 Å². The molecule has 1 aromatic heterocycles. The lowest BCUT2D eigenvalue weighted by Gasteiger charge is -2.39. The average molecular weight is 432 g/mol. The molecule has 1 aliphatic rings. The summed E-state index contributed by atoms with van der Waals surface area (Å²) < 4.78 is 16.2. The van der Waals surface area contributed by atoms with Crippen molar-refractivity contribution in [3.8, 4) is 28.4 Å². The average Bonchev–Trinajstić information content (AvgIpc) is 2.75. The lowest BCUT2D eigenvalue weighted by molar-refractivity contribution is -0.277. The van der Waals surface area contributed by atoms with E-state index in [0.29, 0.717) is 5.56 Å². The van der Waals surface area contributed by atoms with Crippen molar-refractivity contribution in [1.29, 1.82) is 0 Å². The molecule has 2 heterocycles. The first-order valence-corrected chi connectivity index (χ1v) is 9.35. The molecular formula is C21H20O10. The summed E-state index contributed by atoms with van der Waals surface area (Å²) in [5.41, 5.74) is 0.135. The third kappa shape index (κ3) is 3.82. The Labute approximate surface area is 174 Å². The van der Waals surface area contributed by atoms with Crippen LogP contribution in [0.5, 0.6) is 17.2 Å². The van der Waals surface area contributed by atoms with Crippen LogP contribution >= 0.6 is 0 Å². The quantitative estimate of drug-likeness (QED) is 0.331. The van der Waals surface area contributed by atoms with Gasteiger partial charge in [0.2, 0.25) is 11.7 Å². The highest BCUT2D eigenvalue weighted by Gasteiger charge is 2.44. The van der Waals surface area contributed by atoms with E-state index in [4.69, 9.17) is 13.9 Å². The predicted molar refractivity (Wildman–Crippen MR) is 106 cm³/mol. The van der Waals surface area contributed by atoms with E-state index in [0.717, 1.165) is 6.07 Å². The number of benzene rings is 2. The van der Waals surface area contributed by atoms with Gasteiger partial charge in [0.05, 0.1) is 12.2 Å². The summed E-state index contributed by atoms with van der Waals surface area (Å²) in [5, 5.41) is 58.8. The first kappa shape index (κ1) is 21.1. The molecule has 31 heavy (non-hydrogen) atoms. The van der Waals surface area contributed by atoms with Crippen LogP contribution in [0.3, 0.4) is 0 Å². The van der Waals surface area contributed by atoms with Crippen molar-refractivity contribution in [2.75, 3.05) is 6.61 Å². The summed E-state index contributed by atoms with van der Waals surface area (Å²) in [5.74, 6) is -0.465. The normalized spacial score (nSPS) is 26.1. The highest BCUT2D eigenvalue weighted by Crippen LogP contribution is 2.32. The molecule has 2 aromatic carbocycles. The second-order valence-corrected chi connectivity index (χ2v) is 7.16. The summed E-state index contributed by atoms with van der Waals surface area (Å²) in [4.78, 5) is 12.9. The maximum absolute atomic E-state index is 12.9. The Bertz CT molecular complexity index is 1140. The number of fused-ring (bicyclic) bond motifs is 1. The second-order valence-electron chi connectivity index (χ2n) is 7.16. The van der Waals surface area contributed by atoms with Crippen LogP contribution in [0.1, 0.15) is 0 Å². The molecule has 6 N–H and O–H groups in total. The number of phenols is 2. The Balaban J connectivity index is 1.68. The summed E-state index contributed by atoms with van der Waals surface area (Å²) in [6, 6.07) is 8.29. The number of ether oxygens (including phenoxy) is 2. The topological polar surface area (TPSA) is 170 Å². The number of aliphatic hydroxyl groups is 4. The van der Waals surface area contributed by atoms with Gasteiger partial charge in [0, 0.05) is 12.1 Å². The molecule has 5 atom stereocenters. The maximum Gasteiger partial charge on any atom is 0.229 e. The standard InChI is InChI=1S/C21H20O10/c22-7-15-18(26)19(27)20(28)21(31-15)30-11-5-13(24)16-14(6-11)29-8-12(17(16)25)9-1-3-10(23)4-2-9/h1-6,8,15,18-24,26-28H,7H2/t15?,18-,19?,20?,21-/m1/s1. The summed E-state index contributed by atoms with van der Waals surface area (Å²) in [7, 11) is 0. The monoisotopic (exact) mass is 432 g/mol. The molecule has 1 aliphatic heterocycles. The summed E-state index contributed by atoms with van der Waals surface area (Å²) in [6.07, 6.45) is -6.23. The van der Waals surface area contributed by atoms with Crippen molar-refractivity contribution in [2.24, 2.45) is 0 Å². The molecular weight excluding hydrogens is 412 g/mol. The molecule has 4 rings (SSSR count). The fourth-order valence-electron chi connectivity index (χ4n) is 3.41. The lowest BCUT2D eigenvalue weighted by atomic mass is 9.99. The highest BCUT2D eigenvalue weighted by molar-refractivity contribution is 5.88. The van der Waals surface area contributed by atoms with Gasteiger partial charge < -0.3 is 44.5 Å².